The number of aromatic nitrogens is 2. The van der Waals surface area contributed by atoms with Gasteiger partial charge >= 0.3 is 0 Å². The van der Waals surface area contributed by atoms with Gasteiger partial charge in [0.2, 0.25) is 5.88 Å². The maximum atomic E-state index is 5.52. The molecule has 0 saturated heterocycles. The summed E-state index contributed by atoms with van der Waals surface area (Å²) in [6.07, 6.45) is 2.21. The molecule has 108 valence electrons. The Morgan fingerprint density at radius 3 is 2.74 bits per heavy atom. The van der Waals surface area contributed by atoms with Crippen molar-refractivity contribution < 1.29 is 9.47 Å². The molecule has 19 heavy (non-hydrogen) atoms. The number of hydrogen-bond donors (Lipinski definition) is 1. The molecule has 0 amide bonds. The Morgan fingerprint density at radius 2 is 2.05 bits per heavy atom. The van der Waals surface area contributed by atoms with Crippen LogP contribution in [0.2, 0.25) is 0 Å². The van der Waals surface area contributed by atoms with Crippen LogP contribution in [0.15, 0.2) is 6.07 Å². The van der Waals surface area contributed by atoms with Gasteiger partial charge in [0.1, 0.15) is 11.6 Å². The van der Waals surface area contributed by atoms with Crippen molar-refractivity contribution >= 4 is 5.82 Å². The van der Waals surface area contributed by atoms with Crippen LogP contribution < -0.4 is 10.1 Å². The second-order valence-electron chi connectivity index (χ2n) is 4.69. The summed E-state index contributed by atoms with van der Waals surface area (Å²) in [6.45, 7) is 10.3. The van der Waals surface area contributed by atoms with E-state index in [-0.39, 0.29) is 6.10 Å². The Bertz CT molecular complexity index is 370. The Kier molecular flexibility index (Phi) is 7.18. The average Bonchev–Trinajstić information content (AvgIpc) is 2.35. The fraction of sp³-hybridized carbons (Fsp3) is 0.714. The molecule has 1 N–H and O–H groups in total. The molecule has 1 heterocycles. The fourth-order valence-corrected chi connectivity index (χ4v) is 1.52. The first-order valence-corrected chi connectivity index (χ1v) is 6.95. The highest BCUT2D eigenvalue weighted by molar-refractivity contribution is 5.38. The molecule has 5 heteroatoms. The van der Waals surface area contributed by atoms with E-state index in [9.17, 15) is 0 Å². The highest BCUT2D eigenvalue weighted by Crippen LogP contribution is 2.13. The molecular weight excluding hydrogens is 242 g/mol. The molecule has 0 spiro atoms. The number of nitrogens with one attached hydrogen (secondary N) is 1. The van der Waals surface area contributed by atoms with Crippen molar-refractivity contribution in [1.29, 1.82) is 0 Å². The van der Waals surface area contributed by atoms with Crippen LogP contribution in [0, 0.1) is 6.92 Å². The summed E-state index contributed by atoms with van der Waals surface area (Å²) in [5, 5.41) is 3.26. The van der Waals surface area contributed by atoms with Crippen LogP contribution in [0.1, 0.15) is 39.4 Å². The summed E-state index contributed by atoms with van der Waals surface area (Å²) in [4.78, 5) is 8.57. The van der Waals surface area contributed by atoms with Crippen LogP contribution in [0.25, 0.3) is 0 Å². The molecule has 0 aromatic carbocycles. The minimum atomic E-state index is 0.287. The highest BCUT2D eigenvalue weighted by atomic mass is 16.5. The van der Waals surface area contributed by atoms with Crippen LogP contribution in [-0.4, -0.2) is 35.8 Å². The normalized spacial score (nSPS) is 10.8. The first-order valence-electron chi connectivity index (χ1n) is 6.95. The minimum absolute atomic E-state index is 0.287. The topological polar surface area (TPSA) is 56.3 Å². The first-order chi connectivity index (χ1) is 9.11. The zero-order valence-corrected chi connectivity index (χ0v) is 12.4. The van der Waals surface area contributed by atoms with Crippen LogP contribution in [0.5, 0.6) is 5.88 Å². The summed E-state index contributed by atoms with van der Waals surface area (Å²) in [5.74, 6) is 2.16. The maximum Gasteiger partial charge on any atom is 0.218 e. The monoisotopic (exact) mass is 267 g/mol. The fourth-order valence-electron chi connectivity index (χ4n) is 1.52. The SMILES string of the molecule is CCCOc1cc(NCCCOC(C)C)nc(C)n1. The van der Waals surface area contributed by atoms with E-state index in [0.29, 0.717) is 12.5 Å². The molecular formula is C14H25N3O2. The smallest absolute Gasteiger partial charge is 0.218 e. The minimum Gasteiger partial charge on any atom is -0.478 e. The Balaban J connectivity index is 2.38. The Hall–Kier alpha value is -1.36. The standard InChI is InChI=1S/C14H25N3O2/c1-5-8-19-14-10-13(16-12(4)17-14)15-7-6-9-18-11(2)3/h10-11H,5-9H2,1-4H3,(H,15,16,17). The molecule has 0 atom stereocenters. The van der Waals surface area contributed by atoms with Crippen molar-refractivity contribution in [2.75, 3.05) is 25.1 Å². The predicted octanol–water partition coefficient (Wildman–Crippen LogP) is 2.80. The van der Waals surface area contributed by atoms with E-state index in [1.54, 1.807) is 0 Å². The summed E-state index contributed by atoms with van der Waals surface area (Å²) in [6, 6.07) is 1.84. The second-order valence-corrected chi connectivity index (χ2v) is 4.69. The molecule has 0 saturated carbocycles. The van der Waals surface area contributed by atoms with Crippen LogP contribution >= 0.6 is 0 Å². The van der Waals surface area contributed by atoms with Crippen molar-refractivity contribution in [2.45, 2.75) is 46.6 Å². The van der Waals surface area contributed by atoms with Crippen molar-refractivity contribution in [1.82, 2.24) is 9.97 Å². The van der Waals surface area contributed by atoms with Crippen molar-refractivity contribution in [3.05, 3.63) is 11.9 Å². The molecule has 0 aliphatic rings. The van der Waals surface area contributed by atoms with Crippen molar-refractivity contribution in [3.63, 3.8) is 0 Å². The van der Waals surface area contributed by atoms with Gasteiger partial charge in [-0.1, -0.05) is 6.92 Å². The van der Waals surface area contributed by atoms with Crippen molar-refractivity contribution in [3.8, 4) is 5.88 Å². The number of anilines is 1. The summed E-state index contributed by atoms with van der Waals surface area (Å²) < 4.78 is 11.0. The van der Waals surface area contributed by atoms with E-state index >= 15 is 0 Å². The molecule has 0 fully saturated rings. The van der Waals surface area contributed by atoms with E-state index in [2.05, 4.69) is 22.2 Å². The van der Waals surface area contributed by atoms with Gasteiger partial charge in [-0.25, -0.2) is 4.98 Å². The predicted molar refractivity (Wildman–Crippen MR) is 76.7 cm³/mol. The largest absolute Gasteiger partial charge is 0.478 e. The summed E-state index contributed by atoms with van der Waals surface area (Å²) in [7, 11) is 0. The van der Waals surface area contributed by atoms with Crippen molar-refractivity contribution in [2.24, 2.45) is 0 Å². The molecule has 0 aliphatic carbocycles. The number of aryl methyl sites for hydroxylation is 1. The van der Waals surface area contributed by atoms with Gasteiger partial charge in [0.25, 0.3) is 0 Å². The van der Waals surface area contributed by atoms with Gasteiger partial charge < -0.3 is 14.8 Å². The zero-order chi connectivity index (χ0) is 14.1. The maximum absolute atomic E-state index is 5.52. The van der Waals surface area contributed by atoms with Gasteiger partial charge in [0.05, 0.1) is 12.7 Å². The molecule has 0 unspecified atom stereocenters. The van der Waals surface area contributed by atoms with Gasteiger partial charge in [0.15, 0.2) is 0 Å². The van der Waals surface area contributed by atoms with Gasteiger partial charge in [-0.05, 0) is 33.6 Å². The first kappa shape index (κ1) is 15.7. The zero-order valence-electron chi connectivity index (χ0n) is 12.4. The average molecular weight is 267 g/mol. The van der Waals surface area contributed by atoms with Gasteiger partial charge in [-0.3, -0.25) is 0 Å². The molecule has 1 aromatic heterocycles. The molecule has 0 aliphatic heterocycles. The quantitative estimate of drug-likeness (QED) is 0.697. The Labute approximate surface area is 115 Å². The van der Waals surface area contributed by atoms with E-state index in [4.69, 9.17) is 9.47 Å². The van der Waals surface area contributed by atoms with Crippen LogP contribution in [0.3, 0.4) is 0 Å². The molecule has 1 aromatic rings. The van der Waals surface area contributed by atoms with E-state index < -0.39 is 0 Å². The van der Waals surface area contributed by atoms with Gasteiger partial charge in [0, 0.05) is 19.2 Å². The lowest BCUT2D eigenvalue weighted by Gasteiger charge is -2.10. The number of nitrogens with zero attached hydrogens (tertiary/aromatic N) is 2. The third-order valence-electron chi connectivity index (χ3n) is 2.35. The molecule has 5 nitrogen and oxygen atoms in total. The molecule has 0 radical (unpaired) electrons. The van der Waals surface area contributed by atoms with Crippen LogP contribution in [-0.2, 0) is 4.74 Å². The van der Waals surface area contributed by atoms with Gasteiger partial charge in [-0.2, -0.15) is 4.98 Å². The third kappa shape index (κ3) is 6.96. The number of rotatable bonds is 9. The van der Waals surface area contributed by atoms with Crippen LogP contribution in [0.4, 0.5) is 5.82 Å². The lowest BCUT2D eigenvalue weighted by Crippen LogP contribution is -2.11. The van der Waals surface area contributed by atoms with E-state index in [1.165, 1.54) is 0 Å². The van der Waals surface area contributed by atoms with E-state index in [1.807, 2.05) is 26.8 Å². The molecule has 1 rings (SSSR count). The highest BCUT2D eigenvalue weighted by Gasteiger charge is 2.02. The molecule has 0 bridgehead atoms. The lowest BCUT2D eigenvalue weighted by atomic mass is 10.4. The van der Waals surface area contributed by atoms with E-state index in [0.717, 1.165) is 37.6 Å². The van der Waals surface area contributed by atoms with Gasteiger partial charge in [-0.15, -0.1) is 0 Å². The lowest BCUT2D eigenvalue weighted by molar-refractivity contribution is 0.0787. The number of ether oxygens (including phenoxy) is 2. The second kappa shape index (κ2) is 8.69. The Morgan fingerprint density at radius 1 is 1.26 bits per heavy atom. The summed E-state index contributed by atoms with van der Waals surface area (Å²) in [5.41, 5.74) is 0. The summed E-state index contributed by atoms with van der Waals surface area (Å²) >= 11 is 0. The number of hydrogen-bond acceptors (Lipinski definition) is 5. The third-order valence-corrected chi connectivity index (χ3v) is 2.35.